The maximum Gasteiger partial charge on any atom is 0.193 e. The largest absolute Gasteiger partial charge is 0.393 e. The molecule has 0 spiro atoms. The molecule has 1 heterocycles. The fourth-order valence-electron chi connectivity index (χ4n) is 11.9. The molecule has 236 valence electrons. The van der Waals surface area contributed by atoms with Crippen molar-refractivity contribution in [3.63, 3.8) is 0 Å². The van der Waals surface area contributed by atoms with Crippen LogP contribution in [-0.4, -0.2) is 58.5 Å². The molecular weight excluding hydrogens is 554 g/mol. The Balaban J connectivity index is 1.05. The van der Waals surface area contributed by atoms with Crippen LogP contribution >= 0.6 is 0 Å². The number of fused-ring (bicyclic) bond motifs is 8. The summed E-state index contributed by atoms with van der Waals surface area (Å²) in [6.07, 6.45) is 11.0. The summed E-state index contributed by atoms with van der Waals surface area (Å²) in [5.74, 6) is 0.449. The van der Waals surface area contributed by atoms with E-state index in [1.807, 2.05) is 6.08 Å². The highest BCUT2D eigenvalue weighted by molar-refractivity contribution is 6.01. The molecule has 1 saturated heterocycles. The molecule has 0 amide bonds. The summed E-state index contributed by atoms with van der Waals surface area (Å²) in [7, 11) is 0. The first-order valence-electron chi connectivity index (χ1n) is 16.9. The van der Waals surface area contributed by atoms with Crippen LogP contribution in [0.2, 0.25) is 0 Å². The van der Waals surface area contributed by atoms with Gasteiger partial charge in [0, 0.05) is 28.7 Å². The van der Waals surface area contributed by atoms with Crippen molar-refractivity contribution in [3.05, 3.63) is 59.2 Å². The van der Waals surface area contributed by atoms with E-state index in [4.69, 9.17) is 15.2 Å². The van der Waals surface area contributed by atoms with Crippen LogP contribution in [0.15, 0.2) is 48.1 Å². The highest BCUT2D eigenvalue weighted by atomic mass is 16.7. The lowest BCUT2D eigenvalue weighted by molar-refractivity contribution is -0.202. The van der Waals surface area contributed by atoms with E-state index in [-0.39, 0.29) is 35.2 Å². The number of ketones is 2. The van der Waals surface area contributed by atoms with Crippen molar-refractivity contribution in [2.75, 3.05) is 6.61 Å². The first kappa shape index (κ1) is 29.3. The lowest BCUT2D eigenvalue weighted by atomic mass is 9.46. The lowest BCUT2D eigenvalue weighted by Crippen LogP contribution is -2.63. The van der Waals surface area contributed by atoms with Gasteiger partial charge in [-0.05, 0) is 97.8 Å². The standard InChI is InChI=1S/C37H47NO6/c1-20(22-6-4-21(5-7-22)14-36-15-23(16-36)28(38)17-36)33-43-31-13-27-26-9-8-24-12-25(40)10-11-34(24,2)32(26)29(41)18-35(27,3)37(31,44-33)30(42)19-39/h4-7,10-12,20,23,26-29,31-33,39,41H,8-9,13-19,38H2,1-3H3/t20-,23?,26+,27+,28?,29+,31-,32-,33-,34+,35+,36?,37-/m1/s1. The fraction of sp³-hybridized carbons (Fsp3) is 0.676. The second-order valence-corrected chi connectivity index (χ2v) is 16.1. The van der Waals surface area contributed by atoms with Crippen molar-refractivity contribution in [3.8, 4) is 0 Å². The molecule has 0 aromatic heterocycles. The molecular formula is C37H47NO6. The molecule has 7 aliphatic carbocycles. The number of hydrogen-bond acceptors (Lipinski definition) is 7. The number of allylic oxidation sites excluding steroid dienone is 4. The van der Waals surface area contributed by atoms with E-state index in [0.29, 0.717) is 30.2 Å². The van der Waals surface area contributed by atoms with Gasteiger partial charge in [-0.25, -0.2) is 0 Å². The summed E-state index contributed by atoms with van der Waals surface area (Å²) in [6, 6.07) is 9.13. The van der Waals surface area contributed by atoms with Gasteiger partial charge in [0.25, 0.3) is 0 Å². The van der Waals surface area contributed by atoms with Gasteiger partial charge in [-0.15, -0.1) is 0 Å². The number of nitrogens with two attached hydrogens (primary N) is 1. The molecule has 7 heteroatoms. The topological polar surface area (TPSA) is 119 Å². The second-order valence-electron chi connectivity index (χ2n) is 16.1. The fourth-order valence-corrected chi connectivity index (χ4v) is 11.9. The van der Waals surface area contributed by atoms with E-state index in [0.717, 1.165) is 36.8 Å². The summed E-state index contributed by atoms with van der Waals surface area (Å²) in [5, 5.41) is 22.2. The normalized spacial score (nSPS) is 49.0. The van der Waals surface area contributed by atoms with Gasteiger partial charge in [0.15, 0.2) is 23.5 Å². The van der Waals surface area contributed by atoms with Crippen LogP contribution in [0.4, 0.5) is 0 Å². The molecule has 7 nitrogen and oxygen atoms in total. The molecule has 11 atom stereocenters. The van der Waals surface area contributed by atoms with E-state index in [1.165, 1.54) is 18.4 Å². The number of benzene rings is 1. The second kappa shape index (κ2) is 9.68. The molecule has 1 unspecified atom stereocenters. The molecule has 2 bridgehead atoms. The molecule has 9 rings (SSSR count). The zero-order valence-corrected chi connectivity index (χ0v) is 26.2. The van der Waals surface area contributed by atoms with Gasteiger partial charge in [-0.1, -0.05) is 56.7 Å². The number of hydrogen-bond donors (Lipinski definition) is 3. The van der Waals surface area contributed by atoms with Crippen LogP contribution in [-0.2, 0) is 25.5 Å². The monoisotopic (exact) mass is 601 g/mol. The molecule has 0 radical (unpaired) electrons. The number of aliphatic hydroxyl groups is 2. The number of ether oxygens (including phenoxy) is 2. The van der Waals surface area contributed by atoms with Gasteiger partial charge < -0.3 is 25.4 Å². The Hall–Kier alpha value is -2.16. The number of Topliss-reactive ketones (excluding diaryl/α,β-unsaturated/α-hetero) is 1. The summed E-state index contributed by atoms with van der Waals surface area (Å²) in [6.45, 7) is 5.70. The number of rotatable bonds is 6. The molecule has 6 saturated carbocycles. The summed E-state index contributed by atoms with van der Waals surface area (Å²) < 4.78 is 13.5. The summed E-state index contributed by atoms with van der Waals surface area (Å²) >= 11 is 0. The van der Waals surface area contributed by atoms with Crippen molar-refractivity contribution >= 4 is 11.6 Å². The highest BCUT2D eigenvalue weighted by Gasteiger charge is 2.76. The van der Waals surface area contributed by atoms with Crippen LogP contribution in [0.3, 0.4) is 0 Å². The lowest BCUT2D eigenvalue weighted by Gasteiger charge is -2.59. The number of carbonyl (C=O) groups is 2. The minimum Gasteiger partial charge on any atom is -0.393 e. The zero-order valence-electron chi connectivity index (χ0n) is 26.2. The quantitative estimate of drug-likeness (QED) is 0.443. The Morgan fingerprint density at radius 1 is 1.14 bits per heavy atom. The summed E-state index contributed by atoms with van der Waals surface area (Å²) in [5.41, 5.74) is 7.83. The van der Waals surface area contributed by atoms with Crippen molar-refractivity contribution < 1.29 is 29.3 Å². The third kappa shape index (κ3) is 3.80. The van der Waals surface area contributed by atoms with Crippen molar-refractivity contribution in [2.45, 2.75) is 108 Å². The number of aliphatic hydroxyl groups excluding tert-OH is 2. The Morgan fingerprint density at radius 3 is 2.57 bits per heavy atom. The average Bonchev–Trinajstić information content (AvgIpc) is 3.67. The highest BCUT2D eigenvalue weighted by Crippen LogP contribution is 2.70. The van der Waals surface area contributed by atoms with Crippen molar-refractivity contribution in [2.24, 2.45) is 45.7 Å². The van der Waals surface area contributed by atoms with Crippen LogP contribution in [0.5, 0.6) is 0 Å². The van der Waals surface area contributed by atoms with Crippen LogP contribution in [0.1, 0.15) is 82.8 Å². The van der Waals surface area contributed by atoms with Gasteiger partial charge in [0.1, 0.15) is 6.61 Å². The third-order valence-electron chi connectivity index (χ3n) is 14.0. The maximum absolute atomic E-state index is 13.8. The molecule has 1 aromatic carbocycles. The first-order valence-corrected chi connectivity index (χ1v) is 16.9. The molecule has 44 heavy (non-hydrogen) atoms. The molecule has 1 aromatic rings. The molecule has 1 aliphatic heterocycles. The first-order chi connectivity index (χ1) is 20.9. The molecule has 8 aliphatic rings. The predicted octanol–water partition coefficient (Wildman–Crippen LogP) is 4.39. The van der Waals surface area contributed by atoms with E-state index in [1.54, 1.807) is 12.2 Å². The van der Waals surface area contributed by atoms with Crippen LogP contribution in [0.25, 0.3) is 0 Å². The Morgan fingerprint density at radius 2 is 1.89 bits per heavy atom. The Kier molecular flexibility index (Phi) is 6.44. The van der Waals surface area contributed by atoms with E-state index < -0.39 is 41.5 Å². The van der Waals surface area contributed by atoms with E-state index >= 15 is 0 Å². The van der Waals surface area contributed by atoms with Gasteiger partial charge in [0.05, 0.1) is 12.2 Å². The van der Waals surface area contributed by atoms with Gasteiger partial charge in [-0.3, -0.25) is 9.59 Å². The minimum absolute atomic E-state index is 0.0142. The Bertz CT molecular complexity index is 1440. The van der Waals surface area contributed by atoms with Crippen molar-refractivity contribution in [1.29, 1.82) is 0 Å². The number of carbonyl (C=O) groups excluding carboxylic acids is 2. The van der Waals surface area contributed by atoms with Crippen LogP contribution < -0.4 is 5.73 Å². The smallest absolute Gasteiger partial charge is 0.193 e. The Labute approximate surface area is 260 Å². The predicted molar refractivity (Wildman–Crippen MR) is 164 cm³/mol. The van der Waals surface area contributed by atoms with Gasteiger partial charge in [-0.2, -0.15) is 0 Å². The van der Waals surface area contributed by atoms with E-state index in [2.05, 4.69) is 45.0 Å². The summed E-state index contributed by atoms with van der Waals surface area (Å²) in [4.78, 5) is 26.0. The van der Waals surface area contributed by atoms with Gasteiger partial charge >= 0.3 is 0 Å². The van der Waals surface area contributed by atoms with E-state index in [9.17, 15) is 19.8 Å². The maximum atomic E-state index is 13.8. The minimum atomic E-state index is -1.31. The zero-order chi connectivity index (χ0) is 30.8. The molecule has 4 N–H and O–H groups in total. The molecule has 7 fully saturated rings. The average molecular weight is 602 g/mol. The van der Waals surface area contributed by atoms with Crippen molar-refractivity contribution in [1.82, 2.24) is 0 Å². The third-order valence-corrected chi connectivity index (χ3v) is 14.0. The van der Waals surface area contributed by atoms with Gasteiger partial charge in [0.2, 0.25) is 0 Å². The SMILES string of the molecule is C[C@H](c1ccc(CC23CC(N)C(C2)C3)cc1)[C@@H]1O[C@@H]2C[C@H]3[C@@H]4CCC5=CC(=O)C=C[C@]5(C)[C@H]4[C@@H](O)C[C@]3(C)[C@]2(C(=O)CO)O1. The van der Waals surface area contributed by atoms with Crippen LogP contribution in [0, 0.1) is 39.9 Å².